The van der Waals surface area contributed by atoms with Crippen LogP contribution in [0.2, 0.25) is 0 Å². The molecule has 510 valence electrons. The summed E-state index contributed by atoms with van der Waals surface area (Å²) in [5.74, 6) is 0.984. The molecule has 0 spiro atoms. The molecule has 0 aliphatic rings. The Balaban J connectivity index is 0.000000154. The molecule has 13 rings (SSSR count). The molecule has 0 saturated carbocycles. The van der Waals surface area contributed by atoms with E-state index in [0.29, 0.717) is 92.2 Å². The van der Waals surface area contributed by atoms with Crippen molar-refractivity contribution < 1.29 is 33.4 Å². The van der Waals surface area contributed by atoms with E-state index < -0.39 is 6.09 Å². The van der Waals surface area contributed by atoms with Crippen LogP contribution in [0.15, 0.2) is 177 Å². The summed E-state index contributed by atoms with van der Waals surface area (Å²) in [7, 11) is 1.59. The first kappa shape index (κ1) is 68.7. The number of H-pyrrole nitrogens is 3. The maximum Gasteiger partial charge on any atom is 0.413 e. The molecule has 4 aromatic carbocycles. The Labute approximate surface area is 578 Å². The Morgan fingerprint density at radius 2 is 1.13 bits per heavy atom. The smallest absolute Gasteiger partial charge is 0.413 e. The number of aromatic nitrogens is 14. The SMILES string of the molecule is CCNC(=O)Nc1nc2c(-c3cc(C#N)ccn3)cc(-c3cccnc3)cc2[nH]1.CCNC(=O)Nc1nc2c(-c3cc(OC)ccn3)cc(-n3cnc(C(=O)NC(C)(C)C)c3)cc2[nH]1.CCOC(=O)Nc1nc2c(-c3ccccn3)cc(-n3cnc(C(=O)N[C@@H](C)c4ccccc4)c3)cc2[nH]1. The van der Waals surface area contributed by atoms with Gasteiger partial charge in [0.15, 0.2) is 0 Å². The number of pyridine rings is 4. The summed E-state index contributed by atoms with van der Waals surface area (Å²) in [6.07, 6.45) is 14.3. The van der Waals surface area contributed by atoms with Gasteiger partial charge in [-0.25, -0.2) is 39.3 Å². The number of carbonyl (C=O) groups excluding carboxylic acids is 5. The number of urea groups is 2. The predicted molar refractivity (Wildman–Crippen MR) is 382 cm³/mol. The van der Waals surface area contributed by atoms with Crippen LogP contribution < -0.4 is 42.0 Å². The lowest BCUT2D eigenvalue weighted by Gasteiger charge is -2.19. The lowest BCUT2D eigenvalue weighted by atomic mass is 10.0. The van der Waals surface area contributed by atoms with Crippen molar-refractivity contribution in [3.05, 3.63) is 200 Å². The number of imidazole rings is 5. The standard InChI is InChI=1S/C27H25N7O3.C24H28N8O3.C21H17N7O/c1-3-37-27(36)33-26-31-22-14-19(13-20(24(22)32-26)21-11-7-8-12-28-21)34-15-23(29-16-34)25(35)30-17(2)18-9-5-4-6-10-18;1-6-25-23(34)30-22-28-18-10-14(32-12-19(27-13-32)21(33)31-24(2,3)4)9-16(20(18)29-22)17-11-15(35-5)7-8-26-17;1-2-24-21(29)28-20-26-18-10-15(14-4-3-6-23-12-14)9-16(19(18)27-20)17-8-13(11-22)5-7-25-17/h4-17H,3H2,1-2H3,(H,30,35)(H2,31,32,33,36);7-13H,6H2,1-5H3,(H,31,33)(H3,25,28,29,30,34);3-10,12H,2H2,1H3,(H3,24,26,27,28,29)/t17-;;/m0../s1. The number of methoxy groups -OCH3 is 1. The van der Waals surface area contributed by atoms with Gasteiger partial charge in [0.05, 0.1) is 70.5 Å². The maximum atomic E-state index is 12.9. The minimum Gasteiger partial charge on any atom is -0.497 e. The van der Waals surface area contributed by atoms with Gasteiger partial charge in [0.2, 0.25) is 17.8 Å². The van der Waals surface area contributed by atoms with E-state index in [0.717, 1.165) is 44.7 Å². The molecule has 29 nitrogen and oxygen atoms in total. The fourth-order valence-corrected chi connectivity index (χ4v) is 10.5. The van der Waals surface area contributed by atoms with Gasteiger partial charge in [-0.1, -0.05) is 42.5 Å². The molecule has 9 heterocycles. The molecular formula is C72H70N22O7. The first-order valence-electron chi connectivity index (χ1n) is 32.0. The number of nitriles is 1. The molecule has 7 amide bonds. The van der Waals surface area contributed by atoms with Crippen molar-refractivity contribution in [1.29, 1.82) is 5.26 Å². The van der Waals surface area contributed by atoms with Crippen LogP contribution in [-0.4, -0.2) is 131 Å². The molecule has 9 aromatic heterocycles. The molecule has 10 N–H and O–H groups in total. The Morgan fingerprint density at radius 1 is 0.574 bits per heavy atom. The van der Waals surface area contributed by atoms with Gasteiger partial charge in [-0.15, -0.1) is 0 Å². The molecule has 101 heavy (non-hydrogen) atoms. The van der Waals surface area contributed by atoms with Crippen LogP contribution >= 0.6 is 0 Å². The quantitative estimate of drug-likeness (QED) is 0.0405. The van der Waals surface area contributed by atoms with E-state index in [1.54, 1.807) is 103 Å². The number of amides is 7. The van der Waals surface area contributed by atoms with Crippen molar-refractivity contribution in [1.82, 2.24) is 90.2 Å². The highest BCUT2D eigenvalue weighted by atomic mass is 16.5. The lowest BCUT2D eigenvalue weighted by Crippen LogP contribution is -2.40. The van der Waals surface area contributed by atoms with Crippen molar-refractivity contribution >= 4 is 80.9 Å². The second-order valence-corrected chi connectivity index (χ2v) is 23.5. The summed E-state index contributed by atoms with van der Waals surface area (Å²) >= 11 is 0. The summed E-state index contributed by atoms with van der Waals surface area (Å²) < 4.78 is 13.8. The Bertz CT molecular complexity index is 5170. The Hall–Kier alpha value is -13.7. The first-order chi connectivity index (χ1) is 48.8. The van der Waals surface area contributed by atoms with E-state index in [4.69, 9.17) is 9.47 Å². The van der Waals surface area contributed by atoms with E-state index in [9.17, 15) is 29.2 Å². The van der Waals surface area contributed by atoms with Gasteiger partial charge in [0, 0.05) is 102 Å². The van der Waals surface area contributed by atoms with Gasteiger partial charge >= 0.3 is 18.2 Å². The minimum absolute atomic E-state index is 0.165. The highest BCUT2D eigenvalue weighted by Gasteiger charge is 2.23. The van der Waals surface area contributed by atoms with Crippen LogP contribution in [-0.2, 0) is 4.74 Å². The van der Waals surface area contributed by atoms with Crippen LogP contribution in [0.5, 0.6) is 5.75 Å². The number of nitrogens with zero attached hydrogens (tertiary/aromatic N) is 12. The van der Waals surface area contributed by atoms with Crippen LogP contribution in [0, 0.1) is 11.3 Å². The van der Waals surface area contributed by atoms with E-state index in [2.05, 4.69) is 103 Å². The highest BCUT2D eigenvalue weighted by Crippen LogP contribution is 2.36. The van der Waals surface area contributed by atoms with Crippen molar-refractivity contribution in [3.63, 3.8) is 0 Å². The summed E-state index contributed by atoms with van der Waals surface area (Å²) in [4.78, 5) is 110. The number of ether oxygens (including phenoxy) is 2. The number of hydrogen-bond donors (Lipinski definition) is 10. The zero-order valence-corrected chi connectivity index (χ0v) is 56.2. The van der Waals surface area contributed by atoms with Crippen LogP contribution in [0.1, 0.15) is 86.6 Å². The normalized spacial score (nSPS) is 11.2. The van der Waals surface area contributed by atoms with Gasteiger partial charge in [-0.2, -0.15) is 5.26 Å². The van der Waals surface area contributed by atoms with Crippen LogP contribution in [0.4, 0.5) is 32.2 Å². The van der Waals surface area contributed by atoms with Crippen LogP contribution in [0.25, 0.3) is 89.4 Å². The third-order valence-corrected chi connectivity index (χ3v) is 15.1. The second kappa shape index (κ2) is 31.0. The third-order valence-electron chi connectivity index (χ3n) is 15.1. The number of carbonyl (C=O) groups is 5. The minimum atomic E-state index is -0.601. The molecule has 0 bridgehead atoms. The number of rotatable bonds is 17. The van der Waals surface area contributed by atoms with Crippen LogP contribution in [0.3, 0.4) is 0 Å². The predicted octanol–water partition coefficient (Wildman–Crippen LogP) is 12.1. The molecule has 0 saturated heterocycles. The fourth-order valence-electron chi connectivity index (χ4n) is 10.5. The molecule has 0 radical (unpaired) electrons. The van der Waals surface area contributed by atoms with E-state index in [-0.39, 0.29) is 53.7 Å². The van der Waals surface area contributed by atoms with Crippen molar-refractivity contribution in [2.24, 2.45) is 0 Å². The third kappa shape index (κ3) is 17.0. The zero-order valence-electron chi connectivity index (χ0n) is 56.2. The van der Waals surface area contributed by atoms with Gasteiger partial charge in [0.25, 0.3) is 11.8 Å². The van der Waals surface area contributed by atoms with Crippen molar-refractivity contribution in [2.45, 2.75) is 60.0 Å². The Morgan fingerprint density at radius 3 is 1.68 bits per heavy atom. The number of aromatic amines is 3. The maximum absolute atomic E-state index is 12.9. The van der Waals surface area contributed by atoms with E-state index in [1.165, 1.54) is 0 Å². The summed E-state index contributed by atoms with van der Waals surface area (Å²) in [6.45, 7) is 14.3. The summed E-state index contributed by atoms with van der Waals surface area (Å²) in [6, 6.07) is 38.8. The molecular weight excluding hydrogens is 1280 g/mol. The number of nitrogens with one attached hydrogen (secondary N) is 10. The average molecular weight is 1360 g/mol. The average Bonchev–Trinajstić information content (AvgIpc) is 1.66. The number of anilines is 3. The molecule has 1 atom stereocenters. The van der Waals surface area contributed by atoms with Gasteiger partial charge in [-0.05, 0) is 132 Å². The number of benzene rings is 4. The molecule has 13 aromatic rings. The first-order valence-corrected chi connectivity index (χ1v) is 32.0. The highest BCUT2D eigenvalue weighted by molar-refractivity contribution is 6.00. The summed E-state index contributed by atoms with van der Waals surface area (Å²) in [5.41, 5.74) is 13.2. The molecule has 0 aliphatic carbocycles. The second-order valence-electron chi connectivity index (χ2n) is 23.5. The largest absolute Gasteiger partial charge is 0.497 e. The van der Waals surface area contributed by atoms with E-state index >= 15 is 0 Å². The zero-order chi connectivity index (χ0) is 71.2. The summed E-state index contributed by atoms with van der Waals surface area (Å²) in [5, 5.41) is 28.5. The fraction of sp³-hybridized carbons (Fsp3) is 0.181. The van der Waals surface area contributed by atoms with Gasteiger partial charge in [-0.3, -0.25) is 45.5 Å². The Kier molecular flexibility index (Phi) is 21.1. The monoisotopic (exact) mass is 1350 g/mol. The number of fused-ring (bicyclic) bond motifs is 3. The van der Waals surface area contributed by atoms with Gasteiger partial charge in [0.1, 0.15) is 40.8 Å². The van der Waals surface area contributed by atoms with Gasteiger partial charge < -0.3 is 54.8 Å². The molecule has 0 unspecified atom stereocenters. The van der Waals surface area contributed by atoms with E-state index in [1.807, 2.05) is 139 Å². The molecule has 0 fully saturated rings. The topological polar surface area (TPSA) is 385 Å². The lowest BCUT2D eigenvalue weighted by molar-refractivity contribution is 0.0911. The molecule has 0 aliphatic heterocycles. The number of hydrogen-bond acceptors (Lipinski definition) is 17. The van der Waals surface area contributed by atoms with Crippen molar-refractivity contribution in [2.75, 3.05) is 42.8 Å². The van der Waals surface area contributed by atoms with Crippen molar-refractivity contribution in [3.8, 4) is 68.1 Å². The molecule has 29 heteroatoms.